The maximum absolute atomic E-state index is 9.53. The van der Waals surface area contributed by atoms with E-state index in [4.69, 9.17) is 9.73 Å². The van der Waals surface area contributed by atoms with Crippen LogP contribution in [-0.2, 0) is 4.74 Å². The van der Waals surface area contributed by atoms with Gasteiger partial charge in [0.15, 0.2) is 5.96 Å². The van der Waals surface area contributed by atoms with E-state index < -0.39 is 0 Å². The molecule has 22 heavy (non-hydrogen) atoms. The van der Waals surface area contributed by atoms with E-state index in [1.807, 2.05) is 0 Å². The summed E-state index contributed by atoms with van der Waals surface area (Å²) >= 11 is 0. The molecule has 3 rings (SSSR count). The topological polar surface area (TPSA) is 57.1 Å². The molecule has 5 nitrogen and oxygen atoms in total. The van der Waals surface area contributed by atoms with E-state index in [1.165, 1.54) is 25.7 Å². The average Bonchev–Trinajstić information content (AvgIpc) is 2.89. The number of guanidine groups is 1. The van der Waals surface area contributed by atoms with Gasteiger partial charge in [0.25, 0.3) is 0 Å². The van der Waals surface area contributed by atoms with Crippen molar-refractivity contribution in [3.8, 4) is 0 Å². The molecule has 2 saturated heterocycles. The van der Waals surface area contributed by atoms with E-state index in [-0.39, 0.29) is 36.0 Å². The molecule has 0 aromatic carbocycles. The maximum Gasteiger partial charge on any atom is 0.193 e. The predicted octanol–water partition coefficient (Wildman–Crippen LogP) is 1.70. The molecule has 0 spiro atoms. The highest BCUT2D eigenvalue weighted by molar-refractivity contribution is 14.0. The largest absolute Gasteiger partial charge is 0.396 e. The van der Waals surface area contributed by atoms with Gasteiger partial charge < -0.3 is 20.1 Å². The summed E-state index contributed by atoms with van der Waals surface area (Å²) < 4.78 is 5.26. The minimum atomic E-state index is -0.132. The first-order valence-corrected chi connectivity index (χ1v) is 8.48. The van der Waals surface area contributed by atoms with Crippen LogP contribution in [0.3, 0.4) is 0 Å². The van der Waals surface area contributed by atoms with Gasteiger partial charge in [-0.1, -0.05) is 12.8 Å². The van der Waals surface area contributed by atoms with Gasteiger partial charge >= 0.3 is 0 Å². The first-order chi connectivity index (χ1) is 10.3. The SMILES string of the molecule is CCNC(=NCC1(CO)COC1)N1CC2CCCCC2C1.I. The van der Waals surface area contributed by atoms with Gasteiger partial charge in [-0.05, 0) is 31.6 Å². The molecule has 2 unspecified atom stereocenters. The molecule has 128 valence electrons. The van der Waals surface area contributed by atoms with Crippen molar-refractivity contribution in [2.75, 3.05) is 46.0 Å². The van der Waals surface area contributed by atoms with Gasteiger partial charge in [-0.25, -0.2) is 0 Å². The summed E-state index contributed by atoms with van der Waals surface area (Å²) in [6, 6.07) is 0. The van der Waals surface area contributed by atoms with Crippen LogP contribution in [0.2, 0.25) is 0 Å². The summed E-state index contributed by atoms with van der Waals surface area (Å²) in [7, 11) is 0. The Morgan fingerprint density at radius 1 is 1.27 bits per heavy atom. The number of fused-ring (bicyclic) bond motifs is 1. The molecule has 0 bridgehead atoms. The second-order valence-corrected chi connectivity index (χ2v) is 7.03. The highest BCUT2D eigenvalue weighted by atomic mass is 127. The summed E-state index contributed by atoms with van der Waals surface area (Å²) in [4.78, 5) is 7.25. The van der Waals surface area contributed by atoms with E-state index in [0.29, 0.717) is 19.8 Å². The Hall–Kier alpha value is -0.0800. The number of nitrogens with one attached hydrogen (secondary N) is 1. The Morgan fingerprint density at radius 2 is 1.91 bits per heavy atom. The first kappa shape index (κ1) is 18.3. The number of hydrogen-bond acceptors (Lipinski definition) is 3. The molecule has 2 atom stereocenters. The fourth-order valence-corrected chi connectivity index (χ4v) is 3.87. The maximum atomic E-state index is 9.53. The lowest BCUT2D eigenvalue weighted by Crippen LogP contribution is -2.49. The van der Waals surface area contributed by atoms with Crippen LogP contribution in [0.5, 0.6) is 0 Å². The molecule has 6 heteroatoms. The molecule has 1 saturated carbocycles. The summed E-state index contributed by atoms with van der Waals surface area (Å²) in [6.45, 7) is 7.42. The molecule has 0 aromatic rings. The number of hydrogen-bond donors (Lipinski definition) is 2. The van der Waals surface area contributed by atoms with E-state index in [9.17, 15) is 5.11 Å². The second kappa shape index (κ2) is 8.15. The molecular formula is C16H30IN3O2. The summed E-state index contributed by atoms with van der Waals surface area (Å²) in [6.07, 6.45) is 5.56. The normalized spacial score (nSPS) is 30.3. The molecule has 0 aromatic heterocycles. The third kappa shape index (κ3) is 3.87. The van der Waals surface area contributed by atoms with Crippen LogP contribution in [0.4, 0.5) is 0 Å². The van der Waals surface area contributed by atoms with E-state index >= 15 is 0 Å². The highest BCUT2D eigenvalue weighted by Crippen LogP contribution is 2.36. The molecular weight excluding hydrogens is 393 g/mol. The minimum absolute atomic E-state index is 0. The number of ether oxygens (including phenoxy) is 1. The van der Waals surface area contributed by atoms with Crippen molar-refractivity contribution >= 4 is 29.9 Å². The molecule has 1 aliphatic carbocycles. The smallest absolute Gasteiger partial charge is 0.193 e. The molecule has 0 amide bonds. The van der Waals surface area contributed by atoms with Gasteiger partial charge in [-0.15, -0.1) is 24.0 Å². The van der Waals surface area contributed by atoms with Crippen molar-refractivity contribution in [3.63, 3.8) is 0 Å². The van der Waals surface area contributed by atoms with Gasteiger partial charge in [-0.2, -0.15) is 0 Å². The molecule has 2 heterocycles. The van der Waals surface area contributed by atoms with Crippen LogP contribution in [0.15, 0.2) is 4.99 Å². The number of halogens is 1. The number of likely N-dealkylation sites (tertiary alicyclic amines) is 1. The van der Waals surface area contributed by atoms with E-state index in [2.05, 4.69) is 17.1 Å². The third-order valence-corrected chi connectivity index (χ3v) is 5.33. The van der Waals surface area contributed by atoms with Crippen LogP contribution in [0.25, 0.3) is 0 Å². The Bertz CT molecular complexity index is 368. The molecule has 3 fully saturated rings. The van der Waals surface area contributed by atoms with Gasteiger partial charge in [0.1, 0.15) is 0 Å². The van der Waals surface area contributed by atoms with Crippen LogP contribution < -0.4 is 5.32 Å². The second-order valence-electron chi connectivity index (χ2n) is 7.03. The summed E-state index contributed by atoms with van der Waals surface area (Å²) in [5.74, 6) is 2.76. The molecule has 3 aliphatic rings. The van der Waals surface area contributed by atoms with Crippen molar-refractivity contribution in [2.45, 2.75) is 32.6 Å². The van der Waals surface area contributed by atoms with E-state index in [0.717, 1.165) is 37.4 Å². The van der Waals surface area contributed by atoms with Crippen LogP contribution >= 0.6 is 24.0 Å². The quantitative estimate of drug-likeness (QED) is 0.411. The van der Waals surface area contributed by atoms with Crippen molar-refractivity contribution in [1.29, 1.82) is 0 Å². The lowest BCUT2D eigenvalue weighted by molar-refractivity contribution is -0.130. The van der Waals surface area contributed by atoms with Gasteiger partial charge in [0.2, 0.25) is 0 Å². The summed E-state index contributed by atoms with van der Waals surface area (Å²) in [5, 5.41) is 13.0. The lowest BCUT2D eigenvalue weighted by Gasteiger charge is -2.38. The monoisotopic (exact) mass is 423 g/mol. The average molecular weight is 423 g/mol. The van der Waals surface area contributed by atoms with Crippen molar-refractivity contribution in [1.82, 2.24) is 10.2 Å². The number of rotatable bonds is 4. The standard InChI is InChI=1S/C16H29N3O2.HI/c1-2-17-15(18-9-16(10-20)11-21-12-16)19-7-13-5-3-4-6-14(13)8-19;/h13-14,20H,2-12H2,1H3,(H,17,18);1H. The summed E-state index contributed by atoms with van der Waals surface area (Å²) in [5.41, 5.74) is -0.132. The lowest BCUT2D eigenvalue weighted by atomic mass is 9.82. The van der Waals surface area contributed by atoms with Gasteiger partial charge in [-0.3, -0.25) is 4.99 Å². The van der Waals surface area contributed by atoms with Crippen LogP contribution in [0.1, 0.15) is 32.6 Å². The zero-order valence-electron chi connectivity index (χ0n) is 13.6. The van der Waals surface area contributed by atoms with Gasteiger partial charge in [0, 0.05) is 19.6 Å². The third-order valence-electron chi connectivity index (χ3n) is 5.33. The molecule has 2 N–H and O–H groups in total. The molecule has 0 radical (unpaired) electrons. The first-order valence-electron chi connectivity index (χ1n) is 8.48. The van der Waals surface area contributed by atoms with Crippen molar-refractivity contribution in [3.05, 3.63) is 0 Å². The minimum Gasteiger partial charge on any atom is -0.396 e. The molecule has 2 aliphatic heterocycles. The van der Waals surface area contributed by atoms with Crippen molar-refractivity contribution < 1.29 is 9.84 Å². The number of aliphatic hydroxyl groups is 1. The van der Waals surface area contributed by atoms with E-state index in [1.54, 1.807) is 0 Å². The van der Waals surface area contributed by atoms with Crippen LogP contribution in [0, 0.1) is 17.3 Å². The Balaban J connectivity index is 0.00000176. The number of aliphatic hydroxyl groups excluding tert-OH is 1. The Kier molecular flexibility index (Phi) is 6.76. The zero-order chi connectivity index (χ0) is 14.7. The zero-order valence-corrected chi connectivity index (χ0v) is 15.9. The van der Waals surface area contributed by atoms with Crippen LogP contribution in [-0.4, -0.2) is 62.0 Å². The van der Waals surface area contributed by atoms with Crippen molar-refractivity contribution in [2.24, 2.45) is 22.2 Å². The highest BCUT2D eigenvalue weighted by Gasteiger charge is 2.39. The fraction of sp³-hybridized carbons (Fsp3) is 0.938. The number of nitrogens with zero attached hydrogens (tertiary/aromatic N) is 2. The Morgan fingerprint density at radius 3 is 2.36 bits per heavy atom. The predicted molar refractivity (Wildman–Crippen MR) is 98.8 cm³/mol. The van der Waals surface area contributed by atoms with Gasteiger partial charge in [0.05, 0.1) is 31.8 Å². The Labute approximate surface area is 150 Å². The number of aliphatic imine (C=N–C) groups is 1. The fourth-order valence-electron chi connectivity index (χ4n) is 3.87.